The van der Waals surface area contributed by atoms with E-state index in [0.717, 1.165) is 5.56 Å². The van der Waals surface area contributed by atoms with Gasteiger partial charge in [-0.15, -0.1) is 0 Å². The van der Waals surface area contributed by atoms with Crippen molar-refractivity contribution in [2.75, 3.05) is 0 Å². The second-order valence-corrected chi connectivity index (χ2v) is 1.75. The Morgan fingerprint density at radius 3 is 2.88 bits per heavy atom. The predicted molar refractivity (Wildman–Crippen MR) is 29.1 cm³/mol. The summed E-state index contributed by atoms with van der Waals surface area (Å²) in [5, 5.41) is 3.49. The predicted octanol–water partition coefficient (Wildman–Crippen LogP) is 0.694. The third kappa shape index (κ3) is 0.869. The Labute approximate surface area is 47.5 Å². The normalized spacial score (nSPS) is 13.8. The highest BCUT2D eigenvalue weighted by molar-refractivity contribution is 5.04. The minimum atomic E-state index is 0.0289. The van der Waals surface area contributed by atoms with Crippen LogP contribution in [0, 0.1) is 0 Å². The standard InChI is InChI=1S/C5H8N2O/c1-4(6)5-2-7-8-3-5/h2-4H,6H2,1H3. The molecule has 0 aliphatic heterocycles. The molecule has 0 fully saturated rings. The van der Waals surface area contributed by atoms with E-state index in [1.807, 2.05) is 6.92 Å². The number of aromatic nitrogens is 1. The quantitative estimate of drug-likeness (QED) is 0.581. The van der Waals surface area contributed by atoms with Gasteiger partial charge >= 0.3 is 0 Å². The molecule has 1 heterocycles. The third-order valence-corrected chi connectivity index (χ3v) is 0.977. The van der Waals surface area contributed by atoms with Crippen molar-refractivity contribution in [1.29, 1.82) is 0 Å². The van der Waals surface area contributed by atoms with Crippen LogP contribution in [0.25, 0.3) is 0 Å². The molecule has 0 saturated heterocycles. The van der Waals surface area contributed by atoms with E-state index >= 15 is 0 Å². The molecule has 0 spiro atoms. The van der Waals surface area contributed by atoms with Crippen molar-refractivity contribution in [2.45, 2.75) is 13.0 Å². The van der Waals surface area contributed by atoms with Crippen molar-refractivity contribution < 1.29 is 4.52 Å². The first-order chi connectivity index (χ1) is 3.80. The summed E-state index contributed by atoms with van der Waals surface area (Å²) >= 11 is 0. The summed E-state index contributed by atoms with van der Waals surface area (Å²) in [5.41, 5.74) is 6.39. The molecular formula is C5H8N2O. The van der Waals surface area contributed by atoms with Gasteiger partial charge in [-0.1, -0.05) is 5.16 Å². The van der Waals surface area contributed by atoms with Crippen molar-refractivity contribution in [3.8, 4) is 0 Å². The fraction of sp³-hybridized carbons (Fsp3) is 0.400. The molecule has 44 valence electrons. The average Bonchev–Trinajstić information content (AvgIpc) is 2.12. The van der Waals surface area contributed by atoms with Crippen LogP contribution in [-0.4, -0.2) is 5.16 Å². The molecule has 0 radical (unpaired) electrons. The molecule has 3 nitrogen and oxygen atoms in total. The number of hydrogen-bond acceptors (Lipinski definition) is 3. The summed E-state index contributed by atoms with van der Waals surface area (Å²) in [4.78, 5) is 0. The first-order valence-corrected chi connectivity index (χ1v) is 2.45. The van der Waals surface area contributed by atoms with Crippen molar-refractivity contribution >= 4 is 0 Å². The van der Waals surface area contributed by atoms with Gasteiger partial charge in [0.05, 0.1) is 6.20 Å². The Morgan fingerprint density at radius 2 is 2.62 bits per heavy atom. The highest BCUT2D eigenvalue weighted by Gasteiger charge is 1.98. The molecule has 1 atom stereocenters. The minimum absolute atomic E-state index is 0.0289. The second kappa shape index (κ2) is 1.96. The van der Waals surface area contributed by atoms with E-state index in [0.29, 0.717) is 0 Å². The lowest BCUT2D eigenvalue weighted by Gasteiger charge is -1.94. The molecule has 1 rings (SSSR count). The lowest BCUT2D eigenvalue weighted by Crippen LogP contribution is -2.02. The minimum Gasteiger partial charge on any atom is -0.364 e. The number of hydrogen-bond donors (Lipinski definition) is 1. The van der Waals surface area contributed by atoms with E-state index < -0.39 is 0 Å². The zero-order valence-corrected chi connectivity index (χ0v) is 4.66. The van der Waals surface area contributed by atoms with Gasteiger partial charge in [0.25, 0.3) is 0 Å². The fourth-order valence-electron chi connectivity index (χ4n) is 0.438. The van der Waals surface area contributed by atoms with E-state index in [4.69, 9.17) is 5.73 Å². The summed E-state index contributed by atoms with van der Waals surface area (Å²) in [6.45, 7) is 1.88. The maximum Gasteiger partial charge on any atom is 0.128 e. The molecule has 2 N–H and O–H groups in total. The molecule has 3 heteroatoms. The molecule has 0 aromatic carbocycles. The molecule has 8 heavy (non-hydrogen) atoms. The van der Waals surface area contributed by atoms with E-state index in [9.17, 15) is 0 Å². The molecule has 0 aliphatic rings. The summed E-state index contributed by atoms with van der Waals surface area (Å²) in [6.07, 6.45) is 3.16. The SMILES string of the molecule is CC(N)c1cnoc1. The first-order valence-electron chi connectivity index (χ1n) is 2.45. The van der Waals surface area contributed by atoms with E-state index in [2.05, 4.69) is 9.68 Å². The van der Waals surface area contributed by atoms with Crippen LogP contribution in [0.15, 0.2) is 17.0 Å². The maximum absolute atomic E-state index is 5.46. The smallest absolute Gasteiger partial charge is 0.128 e. The number of rotatable bonds is 1. The molecule has 1 aromatic heterocycles. The summed E-state index contributed by atoms with van der Waals surface area (Å²) in [5.74, 6) is 0. The maximum atomic E-state index is 5.46. The molecular weight excluding hydrogens is 104 g/mol. The van der Waals surface area contributed by atoms with E-state index in [1.165, 1.54) is 0 Å². The Bertz CT molecular complexity index is 145. The summed E-state index contributed by atoms with van der Waals surface area (Å²) in [7, 11) is 0. The zero-order chi connectivity index (χ0) is 5.98. The largest absolute Gasteiger partial charge is 0.364 e. The van der Waals surface area contributed by atoms with Crippen LogP contribution in [0.4, 0.5) is 0 Å². The number of nitrogens with zero attached hydrogens (tertiary/aromatic N) is 1. The van der Waals surface area contributed by atoms with Crippen LogP contribution < -0.4 is 5.73 Å². The van der Waals surface area contributed by atoms with Crippen molar-refractivity contribution in [3.63, 3.8) is 0 Å². The van der Waals surface area contributed by atoms with Crippen molar-refractivity contribution in [2.24, 2.45) is 5.73 Å². The molecule has 0 bridgehead atoms. The van der Waals surface area contributed by atoms with Gasteiger partial charge in [-0.05, 0) is 6.92 Å². The van der Waals surface area contributed by atoms with Gasteiger partial charge in [-0.2, -0.15) is 0 Å². The fourth-order valence-corrected chi connectivity index (χ4v) is 0.438. The average molecular weight is 112 g/mol. The van der Waals surface area contributed by atoms with Crippen LogP contribution in [0.2, 0.25) is 0 Å². The van der Waals surface area contributed by atoms with Gasteiger partial charge in [0.2, 0.25) is 0 Å². The Morgan fingerprint density at radius 1 is 1.88 bits per heavy atom. The molecule has 0 amide bonds. The van der Waals surface area contributed by atoms with Crippen molar-refractivity contribution in [1.82, 2.24) is 5.16 Å². The van der Waals surface area contributed by atoms with Crippen LogP contribution in [-0.2, 0) is 0 Å². The highest BCUT2D eigenvalue weighted by Crippen LogP contribution is 2.05. The van der Waals surface area contributed by atoms with Gasteiger partial charge in [0.1, 0.15) is 6.26 Å². The van der Waals surface area contributed by atoms with Gasteiger partial charge < -0.3 is 10.3 Å². The second-order valence-electron chi connectivity index (χ2n) is 1.75. The lowest BCUT2D eigenvalue weighted by molar-refractivity contribution is 0.418. The lowest BCUT2D eigenvalue weighted by atomic mass is 10.2. The monoisotopic (exact) mass is 112 g/mol. The van der Waals surface area contributed by atoms with Gasteiger partial charge in [-0.25, -0.2) is 0 Å². The third-order valence-electron chi connectivity index (χ3n) is 0.977. The zero-order valence-electron chi connectivity index (χ0n) is 4.66. The molecule has 0 aliphatic carbocycles. The summed E-state index contributed by atoms with van der Waals surface area (Å²) < 4.78 is 4.55. The van der Waals surface area contributed by atoms with Gasteiger partial charge in [0, 0.05) is 11.6 Å². The van der Waals surface area contributed by atoms with E-state index in [1.54, 1.807) is 12.5 Å². The van der Waals surface area contributed by atoms with Crippen LogP contribution in [0.5, 0.6) is 0 Å². The van der Waals surface area contributed by atoms with Crippen LogP contribution >= 0.6 is 0 Å². The topological polar surface area (TPSA) is 52.0 Å². The molecule has 1 aromatic rings. The first kappa shape index (κ1) is 5.31. The Balaban J connectivity index is 2.77. The highest BCUT2D eigenvalue weighted by atomic mass is 16.5. The van der Waals surface area contributed by atoms with Gasteiger partial charge in [0.15, 0.2) is 0 Å². The van der Waals surface area contributed by atoms with E-state index in [-0.39, 0.29) is 6.04 Å². The number of nitrogens with two attached hydrogens (primary N) is 1. The summed E-state index contributed by atoms with van der Waals surface area (Å²) in [6, 6.07) is 0.0289. The Kier molecular flexibility index (Phi) is 1.30. The van der Waals surface area contributed by atoms with Crippen LogP contribution in [0.1, 0.15) is 18.5 Å². The van der Waals surface area contributed by atoms with Gasteiger partial charge in [-0.3, -0.25) is 0 Å². The Hall–Kier alpha value is -0.830. The van der Waals surface area contributed by atoms with Crippen LogP contribution in [0.3, 0.4) is 0 Å². The van der Waals surface area contributed by atoms with Crippen molar-refractivity contribution in [3.05, 3.63) is 18.0 Å². The molecule has 0 saturated carbocycles. The molecule has 1 unspecified atom stereocenters.